The van der Waals surface area contributed by atoms with Gasteiger partial charge in [0.2, 0.25) is 0 Å². The third-order valence-corrected chi connectivity index (χ3v) is 5.04. The summed E-state index contributed by atoms with van der Waals surface area (Å²) < 4.78 is 15.1. The van der Waals surface area contributed by atoms with Gasteiger partial charge >= 0.3 is 12.0 Å². The Balaban J connectivity index is 1.31. The first-order chi connectivity index (χ1) is 16.9. The first-order valence-electron chi connectivity index (χ1n) is 10.3. The molecule has 35 heavy (non-hydrogen) atoms. The van der Waals surface area contributed by atoms with Gasteiger partial charge in [-0.25, -0.2) is 9.59 Å². The van der Waals surface area contributed by atoms with Crippen molar-refractivity contribution in [3.63, 3.8) is 0 Å². The third kappa shape index (κ3) is 5.19. The van der Waals surface area contributed by atoms with E-state index in [1.807, 2.05) is 5.32 Å². The molecular formula is C24H19N3O8. The zero-order valence-corrected chi connectivity index (χ0v) is 18.4. The minimum atomic E-state index is -0.900. The molecule has 0 aliphatic carbocycles. The molecule has 0 radical (unpaired) electrons. The lowest BCUT2D eigenvalue weighted by Crippen LogP contribution is -2.37. The lowest BCUT2D eigenvalue weighted by molar-refractivity contribution is -0.123. The van der Waals surface area contributed by atoms with Gasteiger partial charge in [-0.2, -0.15) is 0 Å². The van der Waals surface area contributed by atoms with Crippen molar-refractivity contribution < 1.29 is 37.9 Å². The lowest BCUT2D eigenvalue weighted by Gasteiger charge is -2.11. The van der Waals surface area contributed by atoms with Crippen molar-refractivity contribution in [3.8, 4) is 5.75 Å². The van der Waals surface area contributed by atoms with Crippen molar-refractivity contribution in [1.29, 1.82) is 0 Å². The van der Waals surface area contributed by atoms with Gasteiger partial charge in [-0.15, -0.1) is 0 Å². The molecule has 1 aliphatic rings. The maximum atomic E-state index is 12.7. The average Bonchev–Trinajstić information content (AvgIpc) is 3.45. The molecule has 11 heteroatoms. The van der Waals surface area contributed by atoms with Gasteiger partial charge in [0, 0.05) is 5.69 Å². The number of methoxy groups -OCH3 is 1. The van der Waals surface area contributed by atoms with Crippen LogP contribution in [0.3, 0.4) is 0 Å². The highest BCUT2D eigenvalue weighted by Crippen LogP contribution is 2.26. The van der Waals surface area contributed by atoms with Crippen LogP contribution in [0.4, 0.5) is 10.5 Å². The summed E-state index contributed by atoms with van der Waals surface area (Å²) in [7, 11) is 1.51. The molecule has 0 bridgehead atoms. The molecule has 1 aliphatic heterocycles. The molecule has 0 unspecified atom stereocenters. The Kier molecular flexibility index (Phi) is 6.58. The first kappa shape index (κ1) is 23.2. The zero-order chi connectivity index (χ0) is 24.9. The molecule has 0 saturated heterocycles. The molecule has 0 atom stereocenters. The number of hydrogen-bond acceptors (Lipinski definition) is 8. The lowest BCUT2D eigenvalue weighted by atomic mass is 10.1. The Hall–Kier alpha value is -4.93. The number of fused-ring (bicyclic) bond motifs is 1. The monoisotopic (exact) mass is 477 g/mol. The van der Waals surface area contributed by atoms with E-state index in [4.69, 9.17) is 13.9 Å². The number of esters is 1. The summed E-state index contributed by atoms with van der Waals surface area (Å²) >= 11 is 0. The maximum Gasteiger partial charge on any atom is 0.338 e. The summed E-state index contributed by atoms with van der Waals surface area (Å²) in [5.74, 6) is -1.82. The van der Waals surface area contributed by atoms with E-state index in [1.54, 1.807) is 36.4 Å². The normalized spacial score (nSPS) is 12.2. The number of urea groups is 1. The van der Waals surface area contributed by atoms with E-state index in [-0.39, 0.29) is 23.2 Å². The number of anilines is 1. The van der Waals surface area contributed by atoms with Crippen LogP contribution in [0.2, 0.25) is 0 Å². The number of nitrogens with zero attached hydrogens (tertiary/aromatic N) is 1. The van der Waals surface area contributed by atoms with Crippen LogP contribution in [0, 0.1) is 0 Å². The van der Waals surface area contributed by atoms with E-state index >= 15 is 0 Å². The smallest absolute Gasteiger partial charge is 0.338 e. The second-order valence-corrected chi connectivity index (χ2v) is 7.34. The van der Waals surface area contributed by atoms with Gasteiger partial charge in [0.15, 0.2) is 6.61 Å². The molecule has 5 amide bonds. The summed E-state index contributed by atoms with van der Waals surface area (Å²) in [6.45, 7) is -0.776. The van der Waals surface area contributed by atoms with Gasteiger partial charge in [-0.1, -0.05) is 0 Å². The number of amides is 5. The van der Waals surface area contributed by atoms with Crippen LogP contribution in [0.15, 0.2) is 65.3 Å². The van der Waals surface area contributed by atoms with Crippen molar-refractivity contribution in [2.75, 3.05) is 19.0 Å². The van der Waals surface area contributed by atoms with E-state index in [0.29, 0.717) is 17.2 Å². The van der Waals surface area contributed by atoms with Gasteiger partial charge in [0.05, 0.1) is 36.6 Å². The molecular weight excluding hydrogens is 458 g/mol. The van der Waals surface area contributed by atoms with Crippen LogP contribution in [0.25, 0.3) is 0 Å². The molecule has 3 aromatic rings. The molecule has 0 spiro atoms. The summed E-state index contributed by atoms with van der Waals surface area (Å²) in [5.41, 5.74) is 0.581. The van der Waals surface area contributed by atoms with E-state index < -0.39 is 36.3 Å². The van der Waals surface area contributed by atoms with Crippen LogP contribution >= 0.6 is 0 Å². The quantitative estimate of drug-likeness (QED) is 0.390. The Morgan fingerprint density at radius 1 is 0.971 bits per heavy atom. The van der Waals surface area contributed by atoms with Crippen LogP contribution in [-0.4, -0.2) is 48.3 Å². The van der Waals surface area contributed by atoms with Gasteiger partial charge in [0.25, 0.3) is 17.7 Å². The zero-order valence-electron chi connectivity index (χ0n) is 18.4. The number of ether oxygens (including phenoxy) is 2. The number of benzene rings is 2. The van der Waals surface area contributed by atoms with E-state index in [2.05, 4.69) is 5.32 Å². The Labute approximate surface area is 198 Å². The minimum absolute atomic E-state index is 0.0276. The van der Waals surface area contributed by atoms with Crippen LogP contribution in [0.1, 0.15) is 36.8 Å². The van der Waals surface area contributed by atoms with Crippen molar-refractivity contribution in [2.45, 2.75) is 6.54 Å². The fourth-order valence-corrected chi connectivity index (χ4v) is 3.33. The van der Waals surface area contributed by atoms with Crippen molar-refractivity contribution in [3.05, 3.63) is 83.3 Å². The highest BCUT2D eigenvalue weighted by atomic mass is 16.5. The maximum absolute atomic E-state index is 12.7. The number of hydrogen-bond donors (Lipinski definition) is 2. The van der Waals surface area contributed by atoms with Crippen LogP contribution < -0.4 is 15.4 Å². The molecule has 11 nitrogen and oxygen atoms in total. The Morgan fingerprint density at radius 3 is 2.40 bits per heavy atom. The Morgan fingerprint density at radius 2 is 1.71 bits per heavy atom. The fourth-order valence-electron chi connectivity index (χ4n) is 3.33. The number of imide groups is 2. The number of carbonyl (C=O) groups is 5. The largest absolute Gasteiger partial charge is 0.497 e. The van der Waals surface area contributed by atoms with E-state index in [1.165, 1.54) is 31.6 Å². The molecule has 0 saturated carbocycles. The molecule has 2 aromatic carbocycles. The standard InChI is InChI=1S/C24H19N3O8/c1-33-16-7-5-15(6-8-16)25-24(32)26-20(28)13-35-23(31)14-4-9-18-19(11-14)22(30)27(21(18)29)12-17-3-2-10-34-17/h2-11H,12-13H2,1H3,(H2,25,26,28,32). The van der Waals surface area contributed by atoms with Crippen molar-refractivity contribution in [2.24, 2.45) is 0 Å². The average molecular weight is 477 g/mol. The molecule has 178 valence electrons. The Bertz CT molecular complexity index is 1300. The topological polar surface area (TPSA) is 144 Å². The summed E-state index contributed by atoms with van der Waals surface area (Å²) in [4.78, 5) is 62.5. The molecule has 2 heterocycles. The predicted octanol–water partition coefficient (Wildman–Crippen LogP) is 2.59. The van der Waals surface area contributed by atoms with E-state index in [9.17, 15) is 24.0 Å². The van der Waals surface area contributed by atoms with Crippen molar-refractivity contribution in [1.82, 2.24) is 10.2 Å². The van der Waals surface area contributed by atoms with Gasteiger partial charge < -0.3 is 19.2 Å². The molecule has 1 aromatic heterocycles. The van der Waals surface area contributed by atoms with Crippen molar-refractivity contribution >= 4 is 35.4 Å². The van der Waals surface area contributed by atoms with E-state index in [0.717, 1.165) is 4.90 Å². The second kappa shape index (κ2) is 9.91. The summed E-state index contributed by atoms with van der Waals surface area (Å²) in [6, 6.07) is 12.8. The number of furan rings is 1. The predicted molar refractivity (Wildman–Crippen MR) is 120 cm³/mol. The van der Waals surface area contributed by atoms with Crippen LogP contribution in [-0.2, 0) is 16.1 Å². The van der Waals surface area contributed by atoms with Gasteiger partial charge in [-0.05, 0) is 54.6 Å². The number of carbonyl (C=O) groups excluding carboxylic acids is 5. The molecule has 2 N–H and O–H groups in total. The highest BCUT2D eigenvalue weighted by molar-refractivity contribution is 6.21. The van der Waals surface area contributed by atoms with Gasteiger partial charge in [-0.3, -0.25) is 24.6 Å². The third-order valence-electron chi connectivity index (χ3n) is 5.04. The van der Waals surface area contributed by atoms with Crippen LogP contribution in [0.5, 0.6) is 5.75 Å². The molecule has 4 rings (SSSR count). The second-order valence-electron chi connectivity index (χ2n) is 7.34. The fraction of sp³-hybridized carbons (Fsp3) is 0.125. The molecule has 0 fully saturated rings. The number of rotatable bonds is 7. The summed E-state index contributed by atoms with van der Waals surface area (Å²) in [5, 5.41) is 4.49. The minimum Gasteiger partial charge on any atom is -0.497 e. The highest BCUT2D eigenvalue weighted by Gasteiger charge is 2.36. The first-order valence-corrected chi connectivity index (χ1v) is 10.3. The SMILES string of the molecule is COc1ccc(NC(=O)NC(=O)COC(=O)c2ccc3c(c2)C(=O)N(Cc2ccco2)C3=O)cc1. The van der Waals surface area contributed by atoms with Gasteiger partial charge in [0.1, 0.15) is 11.5 Å². The number of nitrogens with one attached hydrogen (secondary N) is 2. The summed E-state index contributed by atoms with van der Waals surface area (Å²) in [6.07, 6.45) is 1.43.